The molecule has 0 unspecified atom stereocenters. The highest BCUT2D eigenvalue weighted by Gasteiger charge is 2.52. The Kier molecular flexibility index (Phi) is 14.3. The predicted molar refractivity (Wildman–Crippen MR) is 341 cm³/mol. The van der Waals surface area contributed by atoms with Gasteiger partial charge in [0.05, 0.1) is 85.0 Å². The van der Waals surface area contributed by atoms with Crippen LogP contribution in [0.5, 0.6) is 0 Å². The SMILES string of the molecule is C.Cc1ccc(-c2nc(N(C)c3c4cc(N5CCC6(CC5)CN(C(=O)N5CC(O)C5)C6)cnc4nn3C3CC3)sc2C#N)cc1.Cc1ccc(-c2nc(N(C)c3c4cc(N5CCC6(CN(C(=O)N7CC(O)C7)C6)C5)cnc4nn3C3CC3)sc2C#N)cc1. The van der Waals surface area contributed by atoms with Crippen LogP contribution in [0, 0.1) is 47.3 Å². The Morgan fingerprint density at radius 3 is 1.39 bits per heavy atom. The van der Waals surface area contributed by atoms with Crippen molar-refractivity contribution in [1.29, 1.82) is 10.5 Å². The number of benzene rings is 2. The number of urea groups is 2. The smallest absolute Gasteiger partial charge is 0.320 e. The summed E-state index contributed by atoms with van der Waals surface area (Å²) in [6.45, 7) is 12.6. The van der Waals surface area contributed by atoms with Crippen LogP contribution in [0.25, 0.3) is 44.6 Å². The van der Waals surface area contributed by atoms with Gasteiger partial charge in [-0.15, -0.1) is 0 Å². The molecule has 6 aliphatic heterocycles. The molecule has 12 heterocycles. The van der Waals surface area contributed by atoms with Crippen LogP contribution in [-0.4, -0.2) is 186 Å². The van der Waals surface area contributed by atoms with Gasteiger partial charge in [-0.3, -0.25) is 0 Å². The highest BCUT2D eigenvalue weighted by atomic mass is 32.1. The molecule has 2 aromatic carbocycles. The van der Waals surface area contributed by atoms with Crippen molar-refractivity contribution in [2.24, 2.45) is 10.8 Å². The van der Waals surface area contributed by atoms with Crippen LogP contribution < -0.4 is 19.6 Å². The van der Waals surface area contributed by atoms with Gasteiger partial charge in [-0.05, 0) is 70.9 Å². The number of aliphatic hydroxyl groups excluding tert-OH is 2. The maximum absolute atomic E-state index is 12.7. The average Bonchev–Trinajstić information content (AvgIpc) is 1.48. The molecule has 2 spiro atoms. The second kappa shape index (κ2) is 22.0. The summed E-state index contributed by atoms with van der Waals surface area (Å²) in [4.78, 5) is 62.3. The fourth-order valence-electron chi connectivity index (χ4n) is 13.5. The minimum atomic E-state index is -0.379. The van der Waals surface area contributed by atoms with Crippen molar-refractivity contribution in [3.63, 3.8) is 0 Å². The van der Waals surface area contributed by atoms with E-state index in [4.69, 9.17) is 30.1 Å². The number of pyridine rings is 2. The first kappa shape index (κ1) is 57.3. The van der Waals surface area contributed by atoms with E-state index < -0.39 is 0 Å². The summed E-state index contributed by atoms with van der Waals surface area (Å²) in [6, 6.07) is 26.2. The van der Waals surface area contributed by atoms with Gasteiger partial charge in [0.1, 0.15) is 44.9 Å². The summed E-state index contributed by atoms with van der Waals surface area (Å²) >= 11 is 2.80. The van der Waals surface area contributed by atoms with Gasteiger partial charge in [0, 0.05) is 88.4 Å². The van der Waals surface area contributed by atoms with Crippen LogP contribution >= 0.6 is 22.7 Å². The number of hydrogen-bond donors (Lipinski definition) is 2. The molecule has 8 fully saturated rings. The van der Waals surface area contributed by atoms with E-state index >= 15 is 0 Å². The number of likely N-dealkylation sites (tertiary alicyclic amines) is 4. The van der Waals surface area contributed by atoms with E-state index in [1.54, 1.807) is 9.80 Å². The summed E-state index contributed by atoms with van der Waals surface area (Å²) in [7, 11) is 4.01. The second-order valence-corrected chi connectivity index (χ2v) is 27.6. The number of thiazole rings is 2. The molecule has 2 N–H and O–H groups in total. The zero-order chi connectivity index (χ0) is 59.6. The number of hydrogen-bond acceptors (Lipinski definition) is 18. The van der Waals surface area contributed by atoms with Crippen molar-refractivity contribution in [2.45, 2.75) is 90.5 Å². The normalized spacial score (nSPS) is 19.4. The zero-order valence-corrected chi connectivity index (χ0v) is 50.9. The number of anilines is 6. The van der Waals surface area contributed by atoms with Gasteiger partial charge < -0.3 is 49.4 Å². The number of nitrogens with zero attached hydrogens (tertiary/aromatic N) is 18. The lowest BCUT2D eigenvalue weighted by atomic mass is 9.72. The van der Waals surface area contributed by atoms with Gasteiger partial charge in [-0.2, -0.15) is 20.7 Å². The first-order chi connectivity index (χ1) is 42.1. The number of aromatic nitrogens is 8. The number of aliphatic hydroxyl groups is 2. The third kappa shape index (κ3) is 10.3. The lowest BCUT2D eigenvalue weighted by molar-refractivity contribution is -0.0311. The van der Waals surface area contributed by atoms with Gasteiger partial charge in [-0.25, -0.2) is 38.9 Å². The van der Waals surface area contributed by atoms with E-state index in [2.05, 4.69) is 60.2 Å². The van der Waals surface area contributed by atoms with Crippen LogP contribution in [-0.2, 0) is 0 Å². The first-order valence-electron chi connectivity index (χ1n) is 30.3. The van der Waals surface area contributed by atoms with Gasteiger partial charge in [0.25, 0.3) is 0 Å². The standard InChI is InChI=1S/C32H35N9O2S.C31H33N9O2S.CH4/c1-20-3-5-21(6-4-20)27-26(14-33)44-30(35-27)37(2)29-25-13-23(15-34-28(25)36-41(29)22-7-8-22)38-11-9-32(10-12-38)18-40(19-32)31(43)39-16-24(42)17-39;1-19-3-5-20(6-4-19)26-25(12-32)43-29(34-26)36(2)28-24-11-22(13-33-27(24)35-40(28)21-7-8-21)37-10-9-31(16-37)17-39(18-31)30(42)38-14-23(41)15-38;/h3-6,13,15,22,24,42H,7-12,16-19H2,1-2H3;3-6,11,13,21,23,41H,7-10,14-18H2,1-2H3;1H4. The van der Waals surface area contributed by atoms with Gasteiger partial charge in [0.15, 0.2) is 21.6 Å². The quantitative estimate of drug-likeness (QED) is 0.130. The Balaban J connectivity index is 0.000000153. The van der Waals surface area contributed by atoms with E-state index in [1.807, 2.05) is 91.7 Å². The molecule has 6 saturated heterocycles. The fourth-order valence-corrected chi connectivity index (χ4v) is 15.2. The lowest BCUT2D eigenvalue weighted by Crippen LogP contribution is -2.67. The minimum Gasteiger partial charge on any atom is -0.389 e. The molecule has 16 rings (SSSR count). The number of carbonyl (C=O) groups excluding carboxylic acids is 2. The van der Waals surface area contributed by atoms with E-state index in [-0.39, 0.29) is 42.5 Å². The maximum Gasteiger partial charge on any atom is 0.320 e. The number of amides is 4. The van der Waals surface area contributed by atoms with Crippen molar-refractivity contribution < 1.29 is 19.8 Å². The molecular weight excluding hydrogens is 1150 g/mol. The van der Waals surface area contributed by atoms with Crippen LogP contribution in [0.3, 0.4) is 0 Å². The number of fused-ring (bicyclic) bond motifs is 2. The predicted octanol–water partition coefficient (Wildman–Crippen LogP) is 9.32. The number of aryl methyl sites for hydroxylation is 2. The minimum absolute atomic E-state index is 0. The molecule has 6 aromatic heterocycles. The molecule has 4 amide bonds. The first-order valence-corrected chi connectivity index (χ1v) is 31.9. The molecule has 8 aromatic rings. The summed E-state index contributed by atoms with van der Waals surface area (Å²) < 4.78 is 4.19. The summed E-state index contributed by atoms with van der Waals surface area (Å²) in [5.74, 6) is 1.91. The highest BCUT2D eigenvalue weighted by molar-refractivity contribution is 7.17. The maximum atomic E-state index is 12.7. The Labute approximate surface area is 519 Å². The van der Waals surface area contributed by atoms with Crippen molar-refractivity contribution in [1.82, 2.24) is 59.1 Å². The second-order valence-electron chi connectivity index (χ2n) is 25.6. The topological polar surface area (TPSA) is 235 Å². The van der Waals surface area contributed by atoms with Crippen molar-refractivity contribution in [3.05, 3.63) is 93.9 Å². The molecule has 24 heteroatoms. The molecule has 8 aliphatic rings. The molecular formula is C64H72N18O4S2. The molecule has 454 valence electrons. The van der Waals surface area contributed by atoms with Crippen molar-refractivity contribution in [2.75, 3.05) is 112 Å². The van der Waals surface area contributed by atoms with Gasteiger partial charge in [-0.1, -0.05) is 89.8 Å². The van der Waals surface area contributed by atoms with Gasteiger partial charge in [0.2, 0.25) is 0 Å². The number of β-amino-alcohol motifs (C(OH)–C–C–N with tert-alkyl or cyclic N) is 2. The molecule has 0 atom stereocenters. The molecule has 0 bridgehead atoms. The third-order valence-electron chi connectivity index (χ3n) is 19.0. The molecule has 2 saturated carbocycles. The highest BCUT2D eigenvalue weighted by Crippen LogP contribution is 2.49. The summed E-state index contributed by atoms with van der Waals surface area (Å²) in [5, 5.41) is 52.3. The number of rotatable bonds is 10. The van der Waals surface area contributed by atoms with Crippen molar-refractivity contribution in [3.8, 4) is 34.7 Å². The van der Waals surface area contributed by atoms with Crippen molar-refractivity contribution >= 4 is 90.1 Å². The third-order valence-corrected chi connectivity index (χ3v) is 21.1. The fraction of sp³-hybridized carbons (Fsp3) is 0.469. The molecule has 88 heavy (non-hydrogen) atoms. The molecule has 0 radical (unpaired) electrons. The number of carbonyl (C=O) groups is 2. The zero-order valence-electron chi connectivity index (χ0n) is 49.2. The summed E-state index contributed by atoms with van der Waals surface area (Å²) in [5.41, 5.74) is 9.47. The van der Waals surface area contributed by atoms with E-state index in [0.717, 1.165) is 164 Å². The molecule has 22 nitrogen and oxygen atoms in total. The van der Waals surface area contributed by atoms with E-state index in [9.17, 15) is 30.3 Å². The number of piperidine rings is 1. The Hall–Kier alpha value is -8.42. The van der Waals surface area contributed by atoms with Crippen LogP contribution in [0.2, 0.25) is 0 Å². The van der Waals surface area contributed by atoms with Crippen LogP contribution in [0.15, 0.2) is 73.1 Å². The van der Waals surface area contributed by atoms with E-state index in [0.29, 0.717) is 65.1 Å². The Bertz CT molecular complexity index is 4080. The lowest BCUT2D eigenvalue weighted by Gasteiger charge is -2.55. The van der Waals surface area contributed by atoms with Crippen LogP contribution in [0.4, 0.5) is 42.9 Å². The molecule has 2 aliphatic carbocycles. The van der Waals surface area contributed by atoms with Gasteiger partial charge >= 0.3 is 12.1 Å². The number of nitriles is 2. The largest absolute Gasteiger partial charge is 0.389 e. The Morgan fingerprint density at radius 1 is 0.580 bits per heavy atom. The van der Waals surface area contributed by atoms with E-state index in [1.165, 1.54) is 28.2 Å². The van der Waals surface area contributed by atoms with Crippen LogP contribution in [0.1, 0.15) is 85.3 Å². The summed E-state index contributed by atoms with van der Waals surface area (Å²) in [6.07, 6.45) is 10.5. The monoisotopic (exact) mass is 1220 g/mol. The average molecular weight is 1220 g/mol. The Morgan fingerprint density at radius 2 is 0.977 bits per heavy atom.